The molecule has 1 aromatic carbocycles. The number of imidazole rings is 1. The predicted molar refractivity (Wildman–Crippen MR) is 75.9 cm³/mol. The first-order valence-corrected chi connectivity index (χ1v) is 6.89. The number of rotatable bonds is 2. The molecule has 0 bridgehead atoms. The second-order valence-electron chi connectivity index (χ2n) is 4.31. The topological polar surface area (TPSA) is 53.6 Å². The van der Waals surface area contributed by atoms with Crippen LogP contribution in [0.5, 0.6) is 0 Å². The molecule has 4 nitrogen and oxygen atoms in total. The molecule has 2 heterocycles. The van der Waals surface area contributed by atoms with E-state index in [2.05, 4.69) is 9.97 Å². The van der Waals surface area contributed by atoms with Gasteiger partial charge in [-0.15, -0.1) is 0 Å². The Kier molecular flexibility index (Phi) is 2.87. The zero-order valence-corrected chi connectivity index (χ0v) is 11.6. The summed E-state index contributed by atoms with van der Waals surface area (Å²) in [5.41, 5.74) is 2.84. The number of aryl methyl sites for hydroxylation is 1. The molecule has 0 spiro atoms. The van der Waals surface area contributed by atoms with Crippen LogP contribution in [0, 0.1) is 17.5 Å². The molecule has 3 rings (SSSR count). The standard InChI is InChI=1S/C12H10FN3OS2/c1-6-2-10-9(3-8(6)13)15-11(18)16(10)4-7-5-19-12(17)14-7/h2-3,5H,4H2,1H3,(H,14,17)(H,15,18). The molecule has 2 aromatic heterocycles. The fourth-order valence-corrected chi connectivity index (χ4v) is 2.85. The van der Waals surface area contributed by atoms with Gasteiger partial charge in [0, 0.05) is 11.1 Å². The largest absolute Gasteiger partial charge is 0.330 e. The molecule has 0 fully saturated rings. The molecule has 98 valence electrons. The van der Waals surface area contributed by atoms with Crippen LogP contribution in [-0.4, -0.2) is 14.5 Å². The third kappa shape index (κ3) is 2.15. The molecule has 3 aromatic rings. The van der Waals surface area contributed by atoms with Gasteiger partial charge in [0.2, 0.25) is 0 Å². The van der Waals surface area contributed by atoms with Crippen LogP contribution < -0.4 is 4.87 Å². The molecule has 0 saturated heterocycles. The normalized spacial score (nSPS) is 11.3. The van der Waals surface area contributed by atoms with Gasteiger partial charge in [-0.3, -0.25) is 4.79 Å². The second-order valence-corrected chi connectivity index (χ2v) is 5.54. The van der Waals surface area contributed by atoms with Gasteiger partial charge in [0.15, 0.2) is 4.77 Å². The molecule has 0 aliphatic rings. The van der Waals surface area contributed by atoms with E-state index in [1.165, 1.54) is 6.07 Å². The van der Waals surface area contributed by atoms with E-state index in [-0.39, 0.29) is 10.7 Å². The molecular formula is C12H10FN3OS2. The van der Waals surface area contributed by atoms with E-state index in [1.807, 2.05) is 4.57 Å². The van der Waals surface area contributed by atoms with E-state index < -0.39 is 0 Å². The van der Waals surface area contributed by atoms with E-state index in [9.17, 15) is 9.18 Å². The maximum absolute atomic E-state index is 13.5. The summed E-state index contributed by atoms with van der Waals surface area (Å²) in [4.78, 5) is 16.8. The van der Waals surface area contributed by atoms with Crippen molar-refractivity contribution in [2.75, 3.05) is 0 Å². The average Bonchev–Trinajstić information content (AvgIpc) is 2.87. The van der Waals surface area contributed by atoms with Crippen LogP contribution >= 0.6 is 23.6 Å². The molecule has 0 aliphatic carbocycles. The van der Waals surface area contributed by atoms with Crippen LogP contribution in [0.3, 0.4) is 0 Å². The SMILES string of the molecule is Cc1cc2c(cc1F)[nH]c(=S)n2Cc1csc(=O)[nH]1. The molecule has 7 heteroatoms. The fraction of sp³-hybridized carbons (Fsp3) is 0.167. The van der Waals surface area contributed by atoms with E-state index in [1.54, 1.807) is 18.4 Å². The van der Waals surface area contributed by atoms with E-state index >= 15 is 0 Å². The van der Waals surface area contributed by atoms with Gasteiger partial charge in [0.05, 0.1) is 17.6 Å². The van der Waals surface area contributed by atoms with Gasteiger partial charge in [-0.2, -0.15) is 0 Å². The maximum atomic E-state index is 13.5. The highest BCUT2D eigenvalue weighted by atomic mass is 32.1. The van der Waals surface area contributed by atoms with Crippen molar-refractivity contribution < 1.29 is 4.39 Å². The Hall–Kier alpha value is -1.73. The minimum atomic E-state index is -0.264. The van der Waals surface area contributed by atoms with Crippen LogP contribution in [-0.2, 0) is 6.54 Å². The summed E-state index contributed by atoms with van der Waals surface area (Å²) >= 11 is 6.36. The Morgan fingerprint density at radius 2 is 2.21 bits per heavy atom. The number of H-pyrrole nitrogens is 2. The minimum Gasteiger partial charge on any atom is -0.330 e. The van der Waals surface area contributed by atoms with Gasteiger partial charge in [0.25, 0.3) is 0 Å². The zero-order valence-electron chi connectivity index (χ0n) is 9.99. The van der Waals surface area contributed by atoms with E-state index in [4.69, 9.17) is 12.2 Å². The third-order valence-corrected chi connectivity index (χ3v) is 3.99. The molecule has 0 radical (unpaired) electrons. The number of fused-ring (bicyclic) bond motifs is 1. The van der Waals surface area contributed by atoms with Crippen molar-refractivity contribution in [1.82, 2.24) is 14.5 Å². The van der Waals surface area contributed by atoms with Crippen molar-refractivity contribution in [3.63, 3.8) is 0 Å². The lowest BCUT2D eigenvalue weighted by Crippen LogP contribution is -2.03. The molecule has 0 saturated carbocycles. The third-order valence-electron chi connectivity index (χ3n) is 2.95. The second kappa shape index (κ2) is 4.43. The highest BCUT2D eigenvalue weighted by Gasteiger charge is 2.09. The van der Waals surface area contributed by atoms with Gasteiger partial charge in [-0.05, 0) is 36.8 Å². The zero-order chi connectivity index (χ0) is 13.6. The smallest absolute Gasteiger partial charge is 0.304 e. The summed E-state index contributed by atoms with van der Waals surface area (Å²) in [6.45, 7) is 2.17. The Labute approximate surface area is 116 Å². The van der Waals surface area contributed by atoms with Crippen LogP contribution in [0.2, 0.25) is 0 Å². The summed E-state index contributed by atoms with van der Waals surface area (Å²) in [5, 5.41) is 1.76. The number of hydrogen-bond acceptors (Lipinski definition) is 3. The van der Waals surface area contributed by atoms with Crippen molar-refractivity contribution >= 4 is 34.6 Å². The molecule has 0 aliphatic heterocycles. The summed E-state index contributed by atoms with van der Waals surface area (Å²) in [7, 11) is 0. The molecular weight excluding hydrogens is 285 g/mol. The number of thiazole rings is 1. The average molecular weight is 295 g/mol. The predicted octanol–water partition coefficient (Wildman–Crippen LogP) is 2.94. The first-order chi connectivity index (χ1) is 9.04. The van der Waals surface area contributed by atoms with Gasteiger partial charge in [-0.1, -0.05) is 11.3 Å². The highest BCUT2D eigenvalue weighted by Crippen LogP contribution is 2.19. The molecule has 0 amide bonds. The van der Waals surface area contributed by atoms with Gasteiger partial charge >= 0.3 is 4.87 Å². The number of halogens is 1. The van der Waals surface area contributed by atoms with Crippen LogP contribution in [0.15, 0.2) is 22.3 Å². The molecule has 0 unspecified atom stereocenters. The maximum Gasteiger partial charge on any atom is 0.304 e. The van der Waals surface area contributed by atoms with E-state index in [0.29, 0.717) is 22.4 Å². The van der Waals surface area contributed by atoms with Crippen molar-refractivity contribution in [2.45, 2.75) is 13.5 Å². The lowest BCUT2D eigenvalue weighted by molar-refractivity contribution is 0.620. The van der Waals surface area contributed by atoms with Gasteiger partial charge in [-0.25, -0.2) is 4.39 Å². The number of hydrogen-bond donors (Lipinski definition) is 2. The number of nitrogens with one attached hydrogen (secondary N) is 2. The molecule has 2 N–H and O–H groups in total. The summed E-state index contributed by atoms with van der Waals surface area (Å²) in [6.07, 6.45) is 0. The number of nitrogens with zero attached hydrogens (tertiary/aromatic N) is 1. The molecule has 0 atom stereocenters. The highest BCUT2D eigenvalue weighted by molar-refractivity contribution is 7.71. The quantitative estimate of drug-likeness (QED) is 0.714. The van der Waals surface area contributed by atoms with Crippen LogP contribution in [0.25, 0.3) is 11.0 Å². The Morgan fingerprint density at radius 1 is 1.42 bits per heavy atom. The lowest BCUT2D eigenvalue weighted by Gasteiger charge is -2.03. The first kappa shape index (κ1) is 12.3. The summed E-state index contributed by atoms with van der Waals surface area (Å²) in [5.74, 6) is -0.264. The summed E-state index contributed by atoms with van der Waals surface area (Å²) in [6, 6.07) is 3.19. The van der Waals surface area contributed by atoms with Gasteiger partial charge < -0.3 is 14.5 Å². The van der Waals surface area contributed by atoms with Crippen LogP contribution in [0.4, 0.5) is 4.39 Å². The fourth-order valence-electron chi connectivity index (χ4n) is 2.00. The Bertz CT molecular complexity index is 871. The Morgan fingerprint density at radius 3 is 2.89 bits per heavy atom. The minimum absolute atomic E-state index is 0.0939. The number of aromatic nitrogens is 3. The van der Waals surface area contributed by atoms with Crippen molar-refractivity contribution in [2.24, 2.45) is 0 Å². The number of aromatic amines is 2. The number of benzene rings is 1. The van der Waals surface area contributed by atoms with Crippen molar-refractivity contribution in [1.29, 1.82) is 0 Å². The Balaban J connectivity index is 2.17. The lowest BCUT2D eigenvalue weighted by atomic mass is 10.2. The van der Waals surface area contributed by atoms with Crippen molar-refractivity contribution in [3.8, 4) is 0 Å². The van der Waals surface area contributed by atoms with Crippen LogP contribution in [0.1, 0.15) is 11.3 Å². The summed E-state index contributed by atoms with van der Waals surface area (Å²) < 4.78 is 15.9. The molecule has 19 heavy (non-hydrogen) atoms. The van der Waals surface area contributed by atoms with E-state index in [0.717, 1.165) is 22.5 Å². The monoisotopic (exact) mass is 295 g/mol. The van der Waals surface area contributed by atoms with Crippen molar-refractivity contribution in [3.05, 3.63) is 49.0 Å². The van der Waals surface area contributed by atoms with Gasteiger partial charge in [0.1, 0.15) is 5.82 Å². The first-order valence-electron chi connectivity index (χ1n) is 5.60.